The summed E-state index contributed by atoms with van der Waals surface area (Å²) < 4.78 is 5.69. The van der Waals surface area contributed by atoms with E-state index in [2.05, 4.69) is 30.7 Å². The SMILES string of the molecule is CC(C)(C)CCOc1cc(N)nc(-c2ccccc2)n1. The van der Waals surface area contributed by atoms with E-state index >= 15 is 0 Å². The van der Waals surface area contributed by atoms with Crippen LogP contribution in [0.25, 0.3) is 11.4 Å². The molecule has 0 spiro atoms. The molecule has 106 valence electrons. The minimum atomic E-state index is 0.237. The van der Waals surface area contributed by atoms with Crippen molar-refractivity contribution >= 4 is 5.82 Å². The number of nitrogen functional groups attached to an aromatic ring is 1. The van der Waals surface area contributed by atoms with E-state index in [-0.39, 0.29) is 5.41 Å². The molecule has 2 N–H and O–H groups in total. The van der Waals surface area contributed by atoms with E-state index in [4.69, 9.17) is 10.5 Å². The van der Waals surface area contributed by atoms with Crippen molar-refractivity contribution in [3.63, 3.8) is 0 Å². The highest BCUT2D eigenvalue weighted by Crippen LogP contribution is 2.22. The topological polar surface area (TPSA) is 61.0 Å². The van der Waals surface area contributed by atoms with Gasteiger partial charge in [0.2, 0.25) is 5.88 Å². The van der Waals surface area contributed by atoms with E-state index in [1.807, 2.05) is 30.3 Å². The normalized spacial score (nSPS) is 11.3. The van der Waals surface area contributed by atoms with Gasteiger partial charge in [-0.15, -0.1) is 0 Å². The summed E-state index contributed by atoms with van der Waals surface area (Å²) in [6.07, 6.45) is 0.956. The average molecular weight is 271 g/mol. The number of hydrogen-bond acceptors (Lipinski definition) is 4. The van der Waals surface area contributed by atoms with Gasteiger partial charge in [-0.3, -0.25) is 0 Å². The zero-order valence-corrected chi connectivity index (χ0v) is 12.3. The first kappa shape index (κ1) is 14.3. The van der Waals surface area contributed by atoms with Gasteiger partial charge in [-0.25, -0.2) is 4.98 Å². The molecule has 1 aromatic carbocycles. The minimum Gasteiger partial charge on any atom is -0.477 e. The number of benzene rings is 1. The van der Waals surface area contributed by atoms with Crippen molar-refractivity contribution in [2.75, 3.05) is 12.3 Å². The summed E-state index contributed by atoms with van der Waals surface area (Å²) >= 11 is 0. The fourth-order valence-corrected chi connectivity index (χ4v) is 1.69. The van der Waals surface area contributed by atoms with Crippen molar-refractivity contribution in [3.05, 3.63) is 36.4 Å². The molecule has 0 unspecified atom stereocenters. The van der Waals surface area contributed by atoms with Crippen LogP contribution in [0.5, 0.6) is 5.88 Å². The molecule has 2 aromatic rings. The molecule has 0 amide bonds. The lowest BCUT2D eigenvalue weighted by atomic mass is 9.93. The Hall–Kier alpha value is -2.10. The van der Waals surface area contributed by atoms with E-state index in [1.165, 1.54) is 0 Å². The van der Waals surface area contributed by atoms with Gasteiger partial charge in [0.25, 0.3) is 0 Å². The van der Waals surface area contributed by atoms with Crippen LogP contribution in [0.4, 0.5) is 5.82 Å². The number of aromatic nitrogens is 2. The Kier molecular flexibility index (Phi) is 4.23. The van der Waals surface area contributed by atoms with Crippen molar-refractivity contribution in [1.82, 2.24) is 9.97 Å². The van der Waals surface area contributed by atoms with Crippen molar-refractivity contribution in [3.8, 4) is 17.3 Å². The molecule has 1 aromatic heterocycles. The van der Waals surface area contributed by atoms with Gasteiger partial charge in [-0.05, 0) is 11.8 Å². The van der Waals surface area contributed by atoms with Crippen LogP contribution >= 0.6 is 0 Å². The Balaban J connectivity index is 2.13. The molecule has 2 rings (SSSR count). The molecule has 0 aliphatic carbocycles. The summed E-state index contributed by atoms with van der Waals surface area (Å²) in [6, 6.07) is 11.4. The van der Waals surface area contributed by atoms with Crippen LogP contribution in [0.15, 0.2) is 36.4 Å². The van der Waals surface area contributed by atoms with Crippen LogP contribution in [0.2, 0.25) is 0 Å². The zero-order valence-electron chi connectivity index (χ0n) is 12.3. The third kappa shape index (κ3) is 4.23. The summed E-state index contributed by atoms with van der Waals surface area (Å²) in [4.78, 5) is 8.66. The Labute approximate surface area is 120 Å². The van der Waals surface area contributed by atoms with E-state index < -0.39 is 0 Å². The standard InChI is InChI=1S/C16H21N3O/c1-16(2,3)9-10-20-14-11-13(17)18-15(19-14)12-7-5-4-6-8-12/h4-8,11H,9-10H2,1-3H3,(H2,17,18,19). The molecule has 0 atom stereocenters. The van der Waals surface area contributed by atoms with E-state index in [0.717, 1.165) is 12.0 Å². The van der Waals surface area contributed by atoms with Crippen LogP contribution in [0.1, 0.15) is 27.2 Å². The minimum absolute atomic E-state index is 0.237. The average Bonchev–Trinajstić information content (AvgIpc) is 2.37. The lowest BCUT2D eigenvalue weighted by Gasteiger charge is -2.17. The van der Waals surface area contributed by atoms with Gasteiger partial charge in [0.15, 0.2) is 5.82 Å². The quantitative estimate of drug-likeness (QED) is 0.924. The number of ether oxygens (including phenoxy) is 1. The third-order valence-corrected chi connectivity index (χ3v) is 2.86. The Morgan fingerprint density at radius 1 is 1.10 bits per heavy atom. The van der Waals surface area contributed by atoms with Gasteiger partial charge in [-0.2, -0.15) is 4.98 Å². The second-order valence-electron chi connectivity index (χ2n) is 5.98. The summed E-state index contributed by atoms with van der Waals surface area (Å²) in [7, 11) is 0. The molecule has 0 saturated carbocycles. The third-order valence-electron chi connectivity index (χ3n) is 2.86. The number of nitrogens with zero attached hydrogens (tertiary/aromatic N) is 2. The molecular formula is C16H21N3O. The molecule has 0 aliphatic rings. The molecule has 0 bridgehead atoms. The first-order valence-corrected chi connectivity index (χ1v) is 6.77. The summed E-state index contributed by atoms with van der Waals surface area (Å²) in [6.45, 7) is 7.16. The summed E-state index contributed by atoms with van der Waals surface area (Å²) in [5, 5.41) is 0. The van der Waals surface area contributed by atoms with Gasteiger partial charge in [0.1, 0.15) is 5.82 Å². The van der Waals surface area contributed by atoms with Crippen LogP contribution in [0.3, 0.4) is 0 Å². The fraction of sp³-hybridized carbons (Fsp3) is 0.375. The number of rotatable bonds is 4. The first-order valence-electron chi connectivity index (χ1n) is 6.77. The maximum absolute atomic E-state index is 5.82. The number of nitrogens with two attached hydrogens (primary N) is 1. The second-order valence-corrected chi connectivity index (χ2v) is 5.98. The first-order chi connectivity index (χ1) is 9.44. The molecule has 4 nitrogen and oxygen atoms in total. The Morgan fingerprint density at radius 3 is 2.45 bits per heavy atom. The lowest BCUT2D eigenvalue weighted by molar-refractivity contribution is 0.236. The molecule has 20 heavy (non-hydrogen) atoms. The van der Waals surface area contributed by atoms with Crippen LogP contribution in [-0.4, -0.2) is 16.6 Å². The number of hydrogen-bond donors (Lipinski definition) is 1. The van der Waals surface area contributed by atoms with Crippen molar-refractivity contribution < 1.29 is 4.74 Å². The van der Waals surface area contributed by atoms with E-state index in [0.29, 0.717) is 24.1 Å². The highest BCUT2D eigenvalue weighted by molar-refractivity contribution is 5.57. The second kappa shape index (κ2) is 5.90. The Morgan fingerprint density at radius 2 is 1.80 bits per heavy atom. The van der Waals surface area contributed by atoms with Gasteiger partial charge in [0.05, 0.1) is 6.61 Å². The fourth-order valence-electron chi connectivity index (χ4n) is 1.69. The highest BCUT2D eigenvalue weighted by atomic mass is 16.5. The van der Waals surface area contributed by atoms with Gasteiger partial charge >= 0.3 is 0 Å². The summed E-state index contributed by atoms with van der Waals surface area (Å²) in [5.41, 5.74) is 6.99. The van der Waals surface area contributed by atoms with Crippen molar-refractivity contribution in [2.45, 2.75) is 27.2 Å². The van der Waals surface area contributed by atoms with Gasteiger partial charge in [-0.1, -0.05) is 51.1 Å². The molecule has 4 heteroatoms. The molecule has 0 aliphatic heterocycles. The Bertz CT molecular complexity index is 562. The molecule has 0 radical (unpaired) electrons. The summed E-state index contributed by atoms with van der Waals surface area (Å²) in [5.74, 6) is 1.54. The van der Waals surface area contributed by atoms with Gasteiger partial charge in [0, 0.05) is 11.6 Å². The van der Waals surface area contributed by atoms with E-state index in [9.17, 15) is 0 Å². The predicted molar refractivity (Wildman–Crippen MR) is 81.4 cm³/mol. The lowest BCUT2D eigenvalue weighted by Crippen LogP contribution is -2.12. The zero-order chi connectivity index (χ0) is 14.6. The van der Waals surface area contributed by atoms with Crippen LogP contribution < -0.4 is 10.5 Å². The number of anilines is 1. The van der Waals surface area contributed by atoms with Crippen molar-refractivity contribution in [2.24, 2.45) is 5.41 Å². The van der Waals surface area contributed by atoms with Crippen LogP contribution in [0, 0.1) is 5.41 Å². The monoisotopic (exact) mass is 271 g/mol. The maximum Gasteiger partial charge on any atom is 0.219 e. The largest absolute Gasteiger partial charge is 0.477 e. The molecule has 0 saturated heterocycles. The molecular weight excluding hydrogens is 250 g/mol. The van der Waals surface area contributed by atoms with Crippen LogP contribution in [-0.2, 0) is 0 Å². The molecule has 1 heterocycles. The van der Waals surface area contributed by atoms with Gasteiger partial charge < -0.3 is 10.5 Å². The predicted octanol–water partition coefficient (Wildman–Crippen LogP) is 3.54. The highest BCUT2D eigenvalue weighted by Gasteiger charge is 2.11. The van der Waals surface area contributed by atoms with Crippen molar-refractivity contribution in [1.29, 1.82) is 0 Å². The van der Waals surface area contributed by atoms with E-state index in [1.54, 1.807) is 6.07 Å². The maximum atomic E-state index is 5.82. The smallest absolute Gasteiger partial charge is 0.219 e. The molecule has 0 fully saturated rings.